The second-order valence-electron chi connectivity index (χ2n) is 6.38. The molecule has 0 atom stereocenters. The molecule has 0 unspecified atom stereocenters. The fraction of sp³-hybridized carbons (Fsp3) is 0.444. The highest BCUT2D eigenvalue weighted by Gasteiger charge is 2.41. The fourth-order valence-electron chi connectivity index (χ4n) is 3.24. The lowest BCUT2D eigenvalue weighted by Gasteiger charge is -2.37. The molecule has 136 valence electrons. The number of likely N-dealkylation sites (tertiary alicyclic amines) is 1. The highest BCUT2D eigenvalue weighted by Crippen LogP contribution is 2.31. The van der Waals surface area contributed by atoms with Crippen molar-refractivity contribution in [2.45, 2.75) is 25.2 Å². The number of hydrogen-bond donors (Lipinski definition) is 1. The van der Waals surface area contributed by atoms with Crippen molar-refractivity contribution in [2.24, 2.45) is 0 Å². The molecule has 0 saturated carbocycles. The minimum atomic E-state index is -0.487. The molecule has 2 fully saturated rings. The van der Waals surface area contributed by atoms with E-state index in [2.05, 4.69) is 20.3 Å². The lowest BCUT2D eigenvalue weighted by atomic mass is 10.0. The van der Waals surface area contributed by atoms with Crippen molar-refractivity contribution in [2.75, 3.05) is 31.6 Å². The van der Waals surface area contributed by atoms with E-state index >= 15 is 0 Å². The topological polar surface area (TPSA) is 89.5 Å². The van der Waals surface area contributed by atoms with E-state index < -0.39 is 5.79 Å². The van der Waals surface area contributed by atoms with Gasteiger partial charge in [-0.25, -0.2) is 9.97 Å². The van der Waals surface area contributed by atoms with Crippen LogP contribution in [0.3, 0.4) is 0 Å². The van der Waals surface area contributed by atoms with Gasteiger partial charge in [0.25, 0.3) is 5.91 Å². The maximum atomic E-state index is 12.7. The second kappa shape index (κ2) is 7.35. The Bertz CT molecular complexity index is 754. The molecule has 4 heterocycles. The predicted molar refractivity (Wildman–Crippen MR) is 93.4 cm³/mol. The summed E-state index contributed by atoms with van der Waals surface area (Å²) in [4.78, 5) is 27.2. The zero-order valence-electron chi connectivity index (χ0n) is 14.4. The van der Waals surface area contributed by atoms with E-state index in [4.69, 9.17) is 9.47 Å². The molecule has 8 heteroatoms. The van der Waals surface area contributed by atoms with Gasteiger partial charge in [-0.3, -0.25) is 9.78 Å². The maximum absolute atomic E-state index is 12.7. The monoisotopic (exact) mass is 355 g/mol. The van der Waals surface area contributed by atoms with Crippen LogP contribution < -0.4 is 5.32 Å². The van der Waals surface area contributed by atoms with Crippen molar-refractivity contribution < 1.29 is 14.3 Å². The number of rotatable bonds is 4. The van der Waals surface area contributed by atoms with Crippen molar-refractivity contribution in [1.82, 2.24) is 19.9 Å². The average molecular weight is 355 g/mol. The molecule has 0 radical (unpaired) electrons. The molecule has 2 saturated heterocycles. The summed E-state index contributed by atoms with van der Waals surface area (Å²) >= 11 is 0. The molecule has 4 rings (SSSR count). The zero-order chi connectivity index (χ0) is 17.8. The first-order chi connectivity index (χ1) is 12.7. The number of nitrogens with one attached hydrogen (secondary N) is 1. The lowest BCUT2D eigenvalue weighted by molar-refractivity contribution is -0.181. The number of amides is 1. The van der Waals surface area contributed by atoms with Crippen molar-refractivity contribution in [3.05, 3.63) is 48.0 Å². The van der Waals surface area contributed by atoms with Gasteiger partial charge >= 0.3 is 0 Å². The Kier molecular flexibility index (Phi) is 4.77. The Hall–Kier alpha value is -2.58. The number of nitrogens with zero attached hydrogens (tertiary/aromatic N) is 4. The standard InChI is InChI=1S/C18H21N5O3/c24-16(23-8-4-18(5-9-23)25-10-11-26-18)15-3-7-20-17(22-15)21-13-14-2-1-6-19-12-14/h1-3,6-7,12H,4-5,8-11,13H2,(H,20,21,22). The minimum Gasteiger partial charge on any atom is -0.350 e. The van der Waals surface area contributed by atoms with Gasteiger partial charge in [-0.1, -0.05) is 6.07 Å². The smallest absolute Gasteiger partial charge is 0.272 e. The van der Waals surface area contributed by atoms with Gasteiger partial charge in [0.1, 0.15) is 5.69 Å². The van der Waals surface area contributed by atoms with Crippen molar-refractivity contribution >= 4 is 11.9 Å². The first-order valence-electron chi connectivity index (χ1n) is 8.77. The molecule has 2 aliphatic heterocycles. The number of hydrogen-bond acceptors (Lipinski definition) is 7. The molecule has 8 nitrogen and oxygen atoms in total. The van der Waals surface area contributed by atoms with E-state index in [0.717, 1.165) is 5.56 Å². The Balaban J connectivity index is 1.37. The SMILES string of the molecule is O=C(c1ccnc(NCc2cccnc2)n1)N1CCC2(CC1)OCCO2. The van der Waals surface area contributed by atoms with Gasteiger partial charge in [0, 0.05) is 51.1 Å². The third-order valence-corrected chi connectivity index (χ3v) is 4.67. The van der Waals surface area contributed by atoms with Crippen molar-refractivity contribution in [3.8, 4) is 0 Å². The summed E-state index contributed by atoms with van der Waals surface area (Å²) in [6.45, 7) is 3.01. The van der Waals surface area contributed by atoms with Crippen LogP contribution in [0.2, 0.25) is 0 Å². The van der Waals surface area contributed by atoms with Gasteiger partial charge in [-0.05, 0) is 17.7 Å². The van der Waals surface area contributed by atoms with Crippen LogP contribution in [0, 0.1) is 0 Å². The van der Waals surface area contributed by atoms with E-state index in [1.165, 1.54) is 0 Å². The van der Waals surface area contributed by atoms with Gasteiger partial charge in [0.15, 0.2) is 5.79 Å². The molecular weight excluding hydrogens is 334 g/mol. The molecule has 1 N–H and O–H groups in total. The summed E-state index contributed by atoms with van der Waals surface area (Å²) in [5.74, 6) is -0.154. The van der Waals surface area contributed by atoms with Crippen molar-refractivity contribution in [1.29, 1.82) is 0 Å². The number of aromatic nitrogens is 3. The molecule has 0 bridgehead atoms. The van der Waals surface area contributed by atoms with Gasteiger partial charge in [0.05, 0.1) is 13.2 Å². The number of anilines is 1. The van der Waals surface area contributed by atoms with E-state index in [1.54, 1.807) is 29.6 Å². The number of carbonyl (C=O) groups excluding carboxylic acids is 1. The van der Waals surface area contributed by atoms with Gasteiger partial charge in [-0.15, -0.1) is 0 Å². The quantitative estimate of drug-likeness (QED) is 0.888. The van der Waals surface area contributed by atoms with E-state index in [0.29, 0.717) is 57.3 Å². The number of carbonyl (C=O) groups is 1. The van der Waals surface area contributed by atoms with Crippen LogP contribution in [0.4, 0.5) is 5.95 Å². The molecule has 2 aromatic heterocycles. The van der Waals surface area contributed by atoms with E-state index in [9.17, 15) is 4.79 Å². The maximum Gasteiger partial charge on any atom is 0.272 e. The Morgan fingerprint density at radius 2 is 2.00 bits per heavy atom. The summed E-state index contributed by atoms with van der Waals surface area (Å²) in [5.41, 5.74) is 1.41. The first-order valence-corrected chi connectivity index (χ1v) is 8.77. The third-order valence-electron chi connectivity index (χ3n) is 4.67. The molecule has 0 aromatic carbocycles. The summed E-state index contributed by atoms with van der Waals surface area (Å²) in [5, 5.41) is 3.13. The molecule has 1 amide bonds. The molecule has 26 heavy (non-hydrogen) atoms. The van der Waals surface area contributed by atoms with E-state index in [1.807, 2.05) is 12.1 Å². The van der Waals surface area contributed by atoms with Crippen LogP contribution in [0.5, 0.6) is 0 Å². The van der Waals surface area contributed by atoms with Gasteiger partial charge < -0.3 is 19.7 Å². The molecular formula is C18H21N5O3. The second-order valence-corrected chi connectivity index (χ2v) is 6.38. The largest absolute Gasteiger partial charge is 0.350 e. The number of piperidine rings is 1. The van der Waals surface area contributed by atoms with E-state index in [-0.39, 0.29) is 5.91 Å². The van der Waals surface area contributed by atoms with Crippen LogP contribution >= 0.6 is 0 Å². The summed E-state index contributed by atoms with van der Waals surface area (Å²) in [6.07, 6.45) is 6.48. The Morgan fingerprint density at radius 1 is 1.19 bits per heavy atom. The molecule has 0 aliphatic carbocycles. The van der Waals surface area contributed by atoms with Crippen LogP contribution in [0.1, 0.15) is 28.9 Å². The van der Waals surface area contributed by atoms with Gasteiger partial charge in [-0.2, -0.15) is 0 Å². The van der Waals surface area contributed by atoms with Crippen LogP contribution in [0.25, 0.3) is 0 Å². The highest BCUT2D eigenvalue weighted by atomic mass is 16.7. The normalized spacial score (nSPS) is 18.8. The fourth-order valence-corrected chi connectivity index (χ4v) is 3.24. The molecule has 2 aliphatic rings. The highest BCUT2D eigenvalue weighted by molar-refractivity contribution is 5.92. The van der Waals surface area contributed by atoms with Crippen LogP contribution in [0.15, 0.2) is 36.8 Å². The van der Waals surface area contributed by atoms with Gasteiger partial charge in [0.2, 0.25) is 5.95 Å². The summed E-state index contributed by atoms with van der Waals surface area (Å²) in [6, 6.07) is 5.48. The van der Waals surface area contributed by atoms with Crippen molar-refractivity contribution in [3.63, 3.8) is 0 Å². The van der Waals surface area contributed by atoms with Crippen LogP contribution in [-0.2, 0) is 16.0 Å². The Labute approximate surface area is 151 Å². The summed E-state index contributed by atoms with van der Waals surface area (Å²) < 4.78 is 11.4. The minimum absolute atomic E-state index is 0.0929. The predicted octanol–water partition coefficient (Wildman–Crippen LogP) is 1.46. The first kappa shape index (κ1) is 16.9. The number of ether oxygens (including phenoxy) is 2. The van der Waals surface area contributed by atoms with Crippen LogP contribution in [-0.4, -0.2) is 57.8 Å². The Morgan fingerprint density at radius 3 is 2.73 bits per heavy atom. The summed E-state index contributed by atoms with van der Waals surface area (Å²) in [7, 11) is 0. The number of pyridine rings is 1. The third kappa shape index (κ3) is 3.66. The lowest BCUT2D eigenvalue weighted by Crippen LogP contribution is -2.47. The average Bonchev–Trinajstić information content (AvgIpc) is 3.15. The molecule has 2 aromatic rings. The zero-order valence-corrected chi connectivity index (χ0v) is 14.4. The molecule has 1 spiro atoms.